The summed E-state index contributed by atoms with van der Waals surface area (Å²) in [6, 6.07) is 7.62. The predicted molar refractivity (Wildman–Crippen MR) is 72.5 cm³/mol. The molecular formula is C15H18FN3. The molecule has 100 valence electrons. The van der Waals surface area contributed by atoms with Gasteiger partial charge in [-0.15, -0.1) is 0 Å². The van der Waals surface area contributed by atoms with E-state index in [-0.39, 0.29) is 5.82 Å². The molecule has 0 saturated heterocycles. The van der Waals surface area contributed by atoms with Crippen LogP contribution in [0.3, 0.4) is 0 Å². The third kappa shape index (κ3) is 2.84. The molecule has 1 aliphatic rings. The lowest BCUT2D eigenvalue weighted by Crippen LogP contribution is -2.41. The van der Waals surface area contributed by atoms with Gasteiger partial charge in [-0.3, -0.25) is 0 Å². The highest BCUT2D eigenvalue weighted by atomic mass is 19.1. The second-order valence-electron chi connectivity index (χ2n) is 5.13. The van der Waals surface area contributed by atoms with Crippen LogP contribution in [0.15, 0.2) is 36.7 Å². The van der Waals surface area contributed by atoms with Gasteiger partial charge in [-0.1, -0.05) is 18.2 Å². The van der Waals surface area contributed by atoms with Crippen molar-refractivity contribution in [2.45, 2.75) is 31.2 Å². The summed E-state index contributed by atoms with van der Waals surface area (Å²) in [6.07, 6.45) is 6.58. The Balaban J connectivity index is 1.42. The van der Waals surface area contributed by atoms with Crippen LogP contribution in [-0.4, -0.2) is 22.6 Å². The third-order valence-electron chi connectivity index (χ3n) is 3.83. The molecule has 0 atom stereocenters. The van der Waals surface area contributed by atoms with Gasteiger partial charge >= 0.3 is 0 Å². The second-order valence-corrected chi connectivity index (χ2v) is 5.13. The molecule has 0 spiro atoms. The van der Waals surface area contributed by atoms with E-state index in [2.05, 4.69) is 15.3 Å². The number of halogens is 1. The summed E-state index contributed by atoms with van der Waals surface area (Å²) in [6.45, 7) is 0.919. The summed E-state index contributed by atoms with van der Waals surface area (Å²) in [4.78, 5) is 7.27. The Labute approximate surface area is 112 Å². The van der Waals surface area contributed by atoms with E-state index in [1.54, 1.807) is 18.3 Å². The lowest BCUT2D eigenvalue weighted by Gasteiger charge is -2.36. The van der Waals surface area contributed by atoms with Crippen molar-refractivity contribution in [3.63, 3.8) is 0 Å². The van der Waals surface area contributed by atoms with E-state index in [9.17, 15) is 4.39 Å². The molecule has 19 heavy (non-hydrogen) atoms. The normalized spacial score (nSPS) is 22.2. The second kappa shape index (κ2) is 5.53. The van der Waals surface area contributed by atoms with E-state index in [0.717, 1.165) is 37.2 Å². The van der Waals surface area contributed by atoms with Crippen LogP contribution in [0, 0.1) is 5.82 Å². The first-order chi connectivity index (χ1) is 9.33. The zero-order valence-corrected chi connectivity index (χ0v) is 10.8. The Morgan fingerprint density at radius 1 is 1.32 bits per heavy atom. The average Bonchev–Trinajstić information content (AvgIpc) is 2.87. The molecule has 2 aromatic rings. The van der Waals surface area contributed by atoms with Crippen LogP contribution in [0.2, 0.25) is 0 Å². The van der Waals surface area contributed by atoms with Gasteiger partial charge in [-0.05, 0) is 30.4 Å². The Hall–Kier alpha value is -1.68. The molecular weight excluding hydrogens is 241 g/mol. The fourth-order valence-electron chi connectivity index (χ4n) is 2.67. The van der Waals surface area contributed by atoms with E-state index in [0.29, 0.717) is 12.0 Å². The van der Waals surface area contributed by atoms with Gasteiger partial charge in [0.15, 0.2) is 0 Å². The number of aromatic nitrogens is 2. The van der Waals surface area contributed by atoms with Gasteiger partial charge in [-0.2, -0.15) is 0 Å². The van der Waals surface area contributed by atoms with Crippen LogP contribution in [0.25, 0.3) is 0 Å². The highest BCUT2D eigenvalue weighted by Gasteiger charge is 2.31. The summed E-state index contributed by atoms with van der Waals surface area (Å²) < 4.78 is 13.6. The van der Waals surface area contributed by atoms with Crippen molar-refractivity contribution >= 4 is 0 Å². The molecule has 1 heterocycles. The zero-order chi connectivity index (χ0) is 13.1. The molecule has 1 aromatic carbocycles. The Morgan fingerprint density at radius 3 is 2.89 bits per heavy atom. The number of hydrogen-bond acceptors (Lipinski definition) is 2. The Bertz CT molecular complexity index is 518. The van der Waals surface area contributed by atoms with Gasteiger partial charge in [0.1, 0.15) is 11.6 Å². The highest BCUT2D eigenvalue weighted by molar-refractivity contribution is 5.24. The van der Waals surface area contributed by atoms with Gasteiger partial charge in [-0.25, -0.2) is 9.37 Å². The van der Waals surface area contributed by atoms with Crippen LogP contribution in [0.1, 0.15) is 30.1 Å². The highest BCUT2D eigenvalue weighted by Crippen LogP contribution is 2.37. The molecule has 0 amide bonds. The summed E-state index contributed by atoms with van der Waals surface area (Å²) in [7, 11) is 0. The number of rotatable bonds is 5. The molecule has 0 aliphatic heterocycles. The van der Waals surface area contributed by atoms with Crippen LogP contribution >= 0.6 is 0 Å². The topological polar surface area (TPSA) is 40.7 Å². The molecule has 0 unspecified atom stereocenters. The number of H-pyrrole nitrogens is 1. The SMILES string of the molecule is Fc1ccccc1C1CC(NCCc2ncc[nH]2)C1. The first kappa shape index (κ1) is 12.4. The summed E-state index contributed by atoms with van der Waals surface area (Å²) in [5.41, 5.74) is 0.867. The number of imidazole rings is 1. The van der Waals surface area contributed by atoms with Gasteiger partial charge < -0.3 is 10.3 Å². The number of aromatic amines is 1. The smallest absolute Gasteiger partial charge is 0.126 e. The third-order valence-corrected chi connectivity index (χ3v) is 3.83. The molecule has 1 fully saturated rings. The maximum Gasteiger partial charge on any atom is 0.126 e. The molecule has 1 saturated carbocycles. The van der Waals surface area contributed by atoms with Gasteiger partial charge in [0.2, 0.25) is 0 Å². The minimum atomic E-state index is -0.0680. The zero-order valence-electron chi connectivity index (χ0n) is 10.8. The van der Waals surface area contributed by atoms with Gasteiger partial charge in [0.25, 0.3) is 0 Å². The lowest BCUT2D eigenvalue weighted by atomic mass is 9.75. The fourth-order valence-corrected chi connectivity index (χ4v) is 2.67. The summed E-state index contributed by atoms with van der Waals surface area (Å²) in [5.74, 6) is 1.32. The number of hydrogen-bond donors (Lipinski definition) is 2. The number of nitrogens with zero attached hydrogens (tertiary/aromatic N) is 1. The fraction of sp³-hybridized carbons (Fsp3) is 0.400. The Morgan fingerprint density at radius 2 is 2.16 bits per heavy atom. The molecule has 0 radical (unpaired) electrons. The predicted octanol–water partition coefficient (Wildman–Crippen LogP) is 2.63. The minimum absolute atomic E-state index is 0.0680. The van der Waals surface area contributed by atoms with E-state index < -0.39 is 0 Å². The molecule has 4 heteroatoms. The first-order valence-corrected chi connectivity index (χ1v) is 6.79. The monoisotopic (exact) mass is 259 g/mol. The van der Waals surface area contributed by atoms with E-state index in [4.69, 9.17) is 0 Å². The largest absolute Gasteiger partial charge is 0.349 e. The van der Waals surface area contributed by atoms with Crippen molar-refractivity contribution in [2.24, 2.45) is 0 Å². The summed E-state index contributed by atoms with van der Waals surface area (Å²) in [5, 5.41) is 3.49. The maximum absolute atomic E-state index is 13.6. The van der Waals surface area contributed by atoms with Gasteiger partial charge in [0.05, 0.1) is 0 Å². The Kier molecular flexibility index (Phi) is 3.60. The standard InChI is InChI=1S/C15H18FN3/c16-14-4-2-1-3-13(14)11-9-12(10-11)17-6-5-15-18-7-8-19-15/h1-4,7-8,11-12,17H,5-6,9-10H2,(H,18,19). The minimum Gasteiger partial charge on any atom is -0.349 e. The molecule has 1 aliphatic carbocycles. The van der Waals surface area contributed by atoms with Crippen LogP contribution in [0.4, 0.5) is 4.39 Å². The summed E-state index contributed by atoms with van der Waals surface area (Å²) >= 11 is 0. The maximum atomic E-state index is 13.6. The van der Waals surface area contributed by atoms with Crippen molar-refractivity contribution in [3.8, 4) is 0 Å². The quantitative estimate of drug-likeness (QED) is 0.866. The van der Waals surface area contributed by atoms with Crippen molar-refractivity contribution in [1.82, 2.24) is 15.3 Å². The van der Waals surface area contributed by atoms with Crippen LogP contribution in [0.5, 0.6) is 0 Å². The molecule has 1 aromatic heterocycles. The molecule has 3 nitrogen and oxygen atoms in total. The van der Waals surface area contributed by atoms with E-state index >= 15 is 0 Å². The first-order valence-electron chi connectivity index (χ1n) is 6.79. The molecule has 0 bridgehead atoms. The van der Waals surface area contributed by atoms with Crippen molar-refractivity contribution in [2.75, 3.05) is 6.54 Å². The van der Waals surface area contributed by atoms with Gasteiger partial charge in [0, 0.05) is 31.4 Å². The molecule has 3 rings (SSSR count). The van der Waals surface area contributed by atoms with E-state index in [1.165, 1.54) is 0 Å². The molecule has 2 N–H and O–H groups in total. The van der Waals surface area contributed by atoms with E-state index in [1.807, 2.05) is 18.3 Å². The number of benzene rings is 1. The van der Waals surface area contributed by atoms with Crippen LogP contribution < -0.4 is 5.32 Å². The van der Waals surface area contributed by atoms with Crippen LogP contribution in [-0.2, 0) is 6.42 Å². The van der Waals surface area contributed by atoms with Crippen molar-refractivity contribution in [1.29, 1.82) is 0 Å². The number of nitrogens with one attached hydrogen (secondary N) is 2. The lowest BCUT2D eigenvalue weighted by molar-refractivity contribution is 0.286. The van der Waals surface area contributed by atoms with Crippen molar-refractivity contribution < 1.29 is 4.39 Å². The average molecular weight is 259 g/mol. The van der Waals surface area contributed by atoms with Crippen molar-refractivity contribution in [3.05, 3.63) is 53.9 Å².